The highest BCUT2D eigenvalue weighted by atomic mass is 19.4. The predicted molar refractivity (Wildman–Crippen MR) is 209 cm³/mol. The lowest BCUT2D eigenvalue weighted by molar-refractivity contribution is -0.275. The Hall–Kier alpha value is -5.75. The van der Waals surface area contributed by atoms with Crippen LogP contribution in [0.1, 0.15) is 55.3 Å². The summed E-state index contributed by atoms with van der Waals surface area (Å²) in [5.74, 6) is -2.61. The lowest BCUT2D eigenvalue weighted by atomic mass is 9.90. The van der Waals surface area contributed by atoms with Crippen LogP contribution in [0, 0.1) is 17.7 Å². The van der Waals surface area contributed by atoms with Crippen molar-refractivity contribution in [1.29, 1.82) is 0 Å². The molecule has 3 fully saturated rings. The summed E-state index contributed by atoms with van der Waals surface area (Å²) in [5.41, 5.74) is 0.741. The normalized spacial score (nSPS) is 20.6. The number of ether oxygens (including phenoxy) is 3. The minimum absolute atomic E-state index is 0.131. The maximum atomic E-state index is 15.9. The number of imidazole rings is 1. The number of methoxy groups -OCH3 is 1. The van der Waals surface area contributed by atoms with Gasteiger partial charge in [-0.2, -0.15) is 0 Å². The number of carbonyl (C=O) groups excluding carboxylic acids is 3. The van der Waals surface area contributed by atoms with E-state index in [1.807, 2.05) is 6.92 Å². The summed E-state index contributed by atoms with van der Waals surface area (Å²) in [6, 6.07) is 10.9. The van der Waals surface area contributed by atoms with Gasteiger partial charge in [0.25, 0.3) is 5.91 Å². The maximum absolute atomic E-state index is 15.9. The number of likely N-dealkylation sites (tertiary alicyclic amines) is 1. The van der Waals surface area contributed by atoms with Crippen molar-refractivity contribution in [2.24, 2.45) is 11.8 Å². The third kappa shape index (κ3) is 9.44. The Morgan fingerprint density at radius 2 is 1.73 bits per heavy atom. The van der Waals surface area contributed by atoms with Gasteiger partial charge in [-0.25, -0.2) is 19.2 Å². The summed E-state index contributed by atoms with van der Waals surface area (Å²) in [4.78, 5) is 55.7. The minimum Gasteiger partial charge on any atom is -0.453 e. The summed E-state index contributed by atoms with van der Waals surface area (Å²) in [7, 11) is 1.25. The quantitative estimate of drug-likeness (QED) is 0.134. The number of aromatic amines is 1. The van der Waals surface area contributed by atoms with E-state index >= 15 is 4.39 Å². The molecular weight excluding hydrogens is 776 g/mol. The van der Waals surface area contributed by atoms with Crippen molar-refractivity contribution in [2.75, 3.05) is 56.7 Å². The van der Waals surface area contributed by atoms with Gasteiger partial charge in [0.2, 0.25) is 5.91 Å². The first-order valence-electron chi connectivity index (χ1n) is 19.5. The van der Waals surface area contributed by atoms with Crippen molar-refractivity contribution in [3.05, 3.63) is 78.1 Å². The molecule has 0 saturated carbocycles. The number of hydrogen-bond acceptors (Lipinski definition) is 10. The number of aromatic nitrogens is 3. The van der Waals surface area contributed by atoms with Crippen LogP contribution in [0.4, 0.5) is 33.9 Å². The average Bonchev–Trinajstić information content (AvgIpc) is 3.88. The number of alkyl carbamates (subject to hydrolysis) is 1. The molecule has 0 unspecified atom stereocenters. The molecule has 3 saturated heterocycles. The van der Waals surface area contributed by atoms with E-state index in [9.17, 15) is 27.6 Å². The molecule has 4 aromatic rings. The Bertz CT molecular complexity index is 2130. The number of rotatable bonds is 10. The van der Waals surface area contributed by atoms with E-state index in [1.54, 1.807) is 35.4 Å². The minimum atomic E-state index is -5.26. The summed E-state index contributed by atoms with van der Waals surface area (Å²) in [6.07, 6.45) is -1.12. The number of pyridine rings is 1. The van der Waals surface area contributed by atoms with Crippen molar-refractivity contribution in [3.63, 3.8) is 0 Å². The van der Waals surface area contributed by atoms with Crippen LogP contribution >= 0.6 is 0 Å². The second kappa shape index (κ2) is 17.6. The first-order valence-corrected chi connectivity index (χ1v) is 19.5. The number of halogens is 4. The Labute approximate surface area is 338 Å². The van der Waals surface area contributed by atoms with E-state index in [2.05, 4.69) is 47.5 Å². The summed E-state index contributed by atoms with van der Waals surface area (Å²) >= 11 is 0. The van der Waals surface area contributed by atoms with E-state index in [-0.39, 0.29) is 40.6 Å². The van der Waals surface area contributed by atoms with Gasteiger partial charge in [-0.3, -0.25) is 9.59 Å². The third-order valence-corrected chi connectivity index (χ3v) is 11.0. The first kappa shape index (κ1) is 41.4. The molecule has 3 aliphatic rings. The van der Waals surface area contributed by atoms with Crippen molar-refractivity contribution in [2.45, 2.75) is 57.6 Å². The molecule has 4 atom stereocenters. The number of anilines is 2. The highest BCUT2D eigenvalue weighted by Crippen LogP contribution is 2.40. The summed E-state index contributed by atoms with van der Waals surface area (Å²) in [5, 5.41) is 8.55. The Kier molecular flexibility index (Phi) is 12.4. The predicted octanol–water partition coefficient (Wildman–Crippen LogP) is 6.29. The molecule has 18 heteroatoms. The molecule has 7 rings (SSSR count). The maximum Gasteiger partial charge on any atom is 0.573 e. The number of amides is 3. The number of hydrogen-bond donors (Lipinski definition) is 4. The molecule has 2 aromatic carbocycles. The molecule has 3 amide bonds. The topological polar surface area (TPSA) is 163 Å². The van der Waals surface area contributed by atoms with Gasteiger partial charge in [0, 0.05) is 51.0 Å². The molecule has 14 nitrogen and oxygen atoms in total. The molecule has 5 heterocycles. The molecule has 314 valence electrons. The molecule has 0 spiro atoms. The molecular formula is C41H46F4N8O6. The van der Waals surface area contributed by atoms with Gasteiger partial charge < -0.3 is 44.9 Å². The standard InChI is InChI=1S/C41H46F4N8O6/c1-23-18-32(53(22-23)39(55)35(51-40(56)57-3)27-12-16-58-17-13-27)37-48-21-31(50-37)26-6-4-25(5-7-26)29-9-10-30(34(42)36(29)59-41(43,44)45)38(54)49-28-8-11-33(47-20-28)52-15-14-46-19-24(52)2/h4-11,20-21,23-24,27,32,35,46H,12-19,22H2,1-3H3,(H,48,50)(H,49,54)(H,51,56)/t23-,24+,32-,35-/m0/s1. The van der Waals surface area contributed by atoms with Crippen molar-refractivity contribution in [3.8, 4) is 28.1 Å². The van der Waals surface area contributed by atoms with Crippen LogP contribution in [0.5, 0.6) is 5.75 Å². The van der Waals surface area contributed by atoms with Crippen molar-refractivity contribution < 1.29 is 46.2 Å². The van der Waals surface area contributed by atoms with E-state index in [1.165, 1.54) is 31.5 Å². The fourth-order valence-corrected chi connectivity index (χ4v) is 8.01. The largest absolute Gasteiger partial charge is 0.573 e. The van der Waals surface area contributed by atoms with Crippen LogP contribution in [-0.2, 0) is 14.3 Å². The van der Waals surface area contributed by atoms with Crippen LogP contribution in [0.3, 0.4) is 0 Å². The van der Waals surface area contributed by atoms with Crippen LogP contribution in [-0.4, -0.2) is 103 Å². The van der Waals surface area contributed by atoms with E-state index in [0.29, 0.717) is 61.9 Å². The number of benzene rings is 2. The van der Waals surface area contributed by atoms with Gasteiger partial charge in [0.05, 0.1) is 42.5 Å². The van der Waals surface area contributed by atoms with Crippen LogP contribution < -0.4 is 25.6 Å². The van der Waals surface area contributed by atoms with E-state index in [0.717, 1.165) is 25.7 Å². The first-order chi connectivity index (χ1) is 28.3. The van der Waals surface area contributed by atoms with E-state index in [4.69, 9.17) is 9.47 Å². The van der Waals surface area contributed by atoms with Gasteiger partial charge in [-0.1, -0.05) is 31.2 Å². The third-order valence-electron chi connectivity index (χ3n) is 11.0. The highest BCUT2D eigenvalue weighted by molar-refractivity contribution is 6.05. The summed E-state index contributed by atoms with van der Waals surface area (Å²) in [6.45, 7) is 7.82. The van der Waals surface area contributed by atoms with Gasteiger partial charge in [-0.05, 0) is 73.4 Å². The lowest BCUT2D eigenvalue weighted by Crippen LogP contribution is -2.53. The smallest absolute Gasteiger partial charge is 0.453 e. The zero-order valence-electron chi connectivity index (χ0n) is 32.8. The number of nitrogens with zero attached hydrogens (tertiary/aromatic N) is 4. The number of H-pyrrole nitrogens is 1. The van der Waals surface area contributed by atoms with Gasteiger partial charge in [-0.15, -0.1) is 13.2 Å². The molecule has 4 N–H and O–H groups in total. The summed E-state index contributed by atoms with van der Waals surface area (Å²) < 4.78 is 71.4. The molecule has 0 aliphatic carbocycles. The Balaban J connectivity index is 1.09. The number of alkyl halides is 3. The number of carbonyl (C=O) groups is 3. The average molecular weight is 823 g/mol. The van der Waals surface area contributed by atoms with Gasteiger partial charge >= 0.3 is 12.5 Å². The Morgan fingerprint density at radius 1 is 0.983 bits per heavy atom. The molecule has 0 bridgehead atoms. The second-order valence-electron chi connectivity index (χ2n) is 15.1. The van der Waals surface area contributed by atoms with Crippen LogP contribution in [0.2, 0.25) is 0 Å². The van der Waals surface area contributed by atoms with E-state index < -0.39 is 47.6 Å². The SMILES string of the molecule is COC(=O)N[C@H](C(=O)N1C[C@@H](C)C[C@H]1c1ncc(-c2ccc(-c3ccc(C(=O)Nc4ccc(N5CCNC[C@H]5C)nc4)c(F)c3OC(F)(F)F)cc2)[nH]1)C1CCOCC1. The fourth-order valence-electron chi connectivity index (χ4n) is 8.01. The fraction of sp³-hybridized carbons (Fsp3) is 0.439. The Morgan fingerprint density at radius 3 is 2.41 bits per heavy atom. The monoisotopic (exact) mass is 822 g/mol. The van der Waals surface area contributed by atoms with Crippen LogP contribution in [0.15, 0.2) is 60.9 Å². The zero-order valence-corrected chi connectivity index (χ0v) is 32.8. The molecule has 3 aliphatic heterocycles. The molecule has 0 radical (unpaired) electrons. The zero-order chi connectivity index (χ0) is 41.8. The second-order valence-corrected chi connectivity index (χ2v) is 15.1. The number of nitrogens with one attached hydrogen (secondary N) is 4. The number of piperazine rings is 1. The molecule has 59 heavy (non-hydrogen) atoms. The molecule has 2 aromatic heterocycles. The van der Waals surface area contributed by atoms with Crippen molar-refractivity contribution in [1.82, 2.24) is 30.5 Å². The van der Waals surface area contributed by atoms with Crippen molar-refractivity contribution >= 4 is 29.4 Å². The lowest BCUT2D eigenvalue weighted by Gasteiger charge is -2.34. The van der Waals surface area contributed by atoms with Gasteiger partial charge in [0.15, 0.2) is 11.6 Å². The van der Waals surface area contributed by atoms with Crippen LogP contribution in [0.25, 0.3) is 22.4 Å². The van der Waals surface area contributed by atoms with Gasteiger partial charge in [0.1, 0.15) is 17.7 Å². The highest BCUT2D eigenvalue weighted by Gasteiger charge is 2.42.